The van der Waals surface area contributed by atoms with Crippen LogP contribution < -0.4 is 10.6 Å². The molecule has 24 heavy (non-hydrogen) atoms. The quantitative estimate of drug-likeness (QED) is 0.681. The number of amides is 2. The third-order valence-corrected chi connectivity index (χ3v) is 4.29. The molecular weight excluding hydrogens is 308 g/mol. The molecule has 6 nitrogen and oxygen atoms in total. The van der Waals surface area contributed by atoms with E-state index in [4.69, 9.17) is 5.11 Å². The molecule has 0 bridgehead atoms. The number of nitrogens with one attached hydrogen (secondary N) is 2. The van der Waals surface area contributed by atoms with Gasteiger partial charge in [0, 0.05) is 12.1 Å². The van der Waals surface area contributed by atoms with E-state index < -0.39 is 5.97 Å². The maximum atomic E-state index is 11.8. The van der Waals surface area contributed by atoms with Crippen molar-refractivity contribution in [2.75, 3.05) is 11.9 Å². The van der Waals surface area contributed by atoms with Gasteiger partial charge in [-0.1, -0.05) is 37.8 Å². The number of carbonyl (C=O) groups excluding carboxylic acids is 2. The number of rotatable bonds is 8. The van der Waals surface area contributed by atoms with Crippen LogP contribution in [0.4, 0.5) is 5.69 Å². The van der Waals surface area contributed by atoms with E-state index in [1.54, 1.807) is 24.3 Å². The second-order valence-corrected chi connectivity index (χ2v) is 6.28. The molecule has 0 radical (unpaired) electrons. The Kier molecular flexibility index (Phi) is 6.78. The summed E-state index contributed by atoms with van der Waals surface area (Å²) in [4.78, 5) is 34.2. The zero-order valence-corrected chi connectivity index (χ0v) is 13.7. The zero-order chi connectivity index (χ0) is 17.4. The van der Waals surface area contributed by atoms with Crippen molar-refractivity contribution in [3.05, 3.63) is 29.8 Å². The molecule has 0 unspecified atom stereocenters. The fourth-order valence-corrected chi connectivity index (χ4v) is 2.99. The smallest absolute Gasteiger partial charge is 0.307 e. The summed E-state index contributed by atoms with van der Waals surface area (Å²) in [5.41, 5.74) is 1.25. The van der Waals surface area contributed by atoms with Gasteiger partial charge in [0.25, 0.3) is 0 Å². The van der Waals surface area contributed by atoms with Crippen LogP contribution >= 0.6 is 0 Å². The van der Waals surface area contributed by atoms with Gasteiger partial charge >= 0.3 is 5.97 Å². The lowest BCUT2D eigenvalue weighted by molar-refractivity contribution is -0.136. The molecule has 130 valence electrons. The summed E-state index contributed by atoms with van der Waals surface area (Å²) in [6, 6.07) is 6.62. The van der Waals surface area contributed by atoms with Crippen LogP contribution in [0.1, 0.15) is 44.1 Å². The topological polar surface area (TPSA) is 95.5 Å². The highest BCUT2D eigenvalue weighted by atomic mass is 16.4. The Morgan fingerprint density at radius 1 is 1.04 bits per heavy atom. The molecule has 0 saturated heterocycles. The molecule has 3 N–H and O–H groups in total. The number of carbonyl (C=O) groups is 3. The van der Waals surface area contributed by atoms with Crippen LogP contribution in [0, 0.1) is 5.92 Å². The number of anilines is 1. The molecule has 6 heteroatoms. The van der Waals surface area contributed by atoms with Crippen molar-refractivity contribution in [1.82, 2.24) is 5.32 Å². The first-order valence-electron chi connectivity index (χ1n) is 8.40. The average molecular weight is 332 g/mol. The largest absolute Gasteiger partial charge is 0.481 e. The summed E-state index contributed by atoms with van der Waals surface area (Å²) < 4.78 is 0. The molecule has 2 rings (SSSR count). The summed E-state index contributed by atoms with van der Waals surface area (Å²) in [5, 5.41) is 14.0. The highest BCUT2D eigenvalue weighted by Gasteiger charge is 2.16. The van der Waals surface area contributed by atoms with E-state index in [0.717, 1.165) is 6.42 Å². The van der Waals surface area contributed by atoms with Crippen molar-refractivity contribution in [2.24, 2.45) is 5.92 Å². The monoisotopic (exact) mass is 332 g/mol. The third-order valence-electron chi connectivity index (χ3n) is 4.29. The molecule has 0 heterocycles. The summed E-state index contributed by atoms with van der Waals surface area (Å²) in [6.45, 7) is -0.0552. The van der Waals surface area contributed by atoms with Crippen molar-refractivity contribution < 1.29 is 19.5 Å². The Labute approximate surface area is 141 Å². The normalized spacial score (nSPS) is 14.3. The van der Waals surface area contributed by atoms with Crippen molar-refractivity contribution in [2.45, 2.75) is 44.9 Å². The number of hydrogen-bond acceptors (Lipinski definition) is 3. The third kappa shape index (κ3) is 6.40. The van der Waals surface area contributed by atoms with Crippen LogP contribution in [0.3, 0.4) is 0 Å². The van der Waals surface area contributed by atoms with Crippen molar-refractivity contribution in [1.29, 1.82) is 0 Å². The van der Waals surface area contributed by atoms with Gasteiger partial charge in [-0.05, 0) is 30.0 Å². The van der Waals surface area contributed by atoms with Gasteiger partial charge in [-0.25, -0.2) is 0 Å². The lowest BCUT2D eigenvalue weighted by Gasteiger charge is -2.10. The fourth-order valence-electron chi connectivity index (χ4n) is 2.99. The van der Waals surface area contributed by atoms with Crippen LogP contribution in [0.2, 0.25) is 0 Å². The van der Waals surface area contributed by atoms with Crippen LogP contribution in [0.15, 0.2) is 24.3 Å². The van der Waals surface area contributed by atoms with E-state index in [2.05, 4.69) is 10.6 Å². The Morgan fingerprint density at radius 3 is 2.33 bits per heavy atom. The molecule has 1 aromatic rings. The lowest BCUT2D eigenvalue weighted by Crippen LogP contribution is -2.32. The van der Waals surface area contributed by atoms with Gasteiger partial charge in [0.2, 0.25) is 11.8 Å². The first-order valence-corrected chi connectivity index (χ1v) is 8.40. The molecule has 0 atom stereocenters. The number of carboxylic acid groups (broad SMARTS) is 1. The molecule has 1 fully saturated rings. The van der Waals surface area contributed by atoms with Crippen molar-refractivity contribution in [3.8, 4) is 0 Å². The fraction of sp³-hybridized carbons (Fsp3) is 0.500. The molecular formula is C18H24N2O4. The minimum atomic E-state index is -0.896. The maximum Gasteiger partial charge on any atom is 0.307 e. The van der Waals surface area contributed by atoms with E-state index in [1.807, 2.05) is 0 Å². The SMILES string of the molecule is O=C(O)Cc1ccc(NC(=O)CNC(=O)CCC2CCCC2)cc1. The molecule has 0 aromatic heterocycles. The maximum absolute atomic E-state index is 11.8. The van der Waals surface area contributed by atoms with E-state index in [0.29, 0.717) is 23.6 Å². The first-order chi connectivity index (χ1) is 11.5. The standard InChI is InChI=1S/C18H24N2O4/c21-16(10-7-13-3-1-2-4-13)19-12-17(22)20-15-8-5-14(6-9-15)11-18(23)24/h5-6,8-9,13H,1-4,7,10-12H2,(H,19,21)(H,20,22)(H,23,24). The summed E-state index contributed by atoms with van der Waals surface area (Å²) in [7, 11) is 0. The van der Waals surface area contributed by atoms with Gasteiger partial charge in [-0.3, -0.25) is 14.4 Å². The van der Waals surface area contributed by atoms with Gasteiger partial charge in [-0.2, -0.15) is 0 Å². The Morgan fingerprint density at radius 2 is 1.71 bits per heavy atom. The molecule has 0 aliphatic heterocycles. The minimum absolute atomic E-state index is 0.0503. The lowest BCUT2D eigenvalue weighted by atomic mass is 10.0. The highest BCUT2D eigenvalue weighted by Crippen LogP contribution is 2.28. The van der Waals surface area contributed by atoms with E-state index in [1.165, 1.54) is 25.7 Å². The van der Waals surface area contributed by atoms with Gasteiger partial charge in [-0.15, -0.1) is 0 Å². The van der Waals surface area contributed by atoms with Gasteiger partial charge in [0.05, 0.1) is 13.0 Å². The predicted octanol–water partition coefficient (Wildman–Crippen LogP) is 2.34. The Balaban J connectivity index is 1.66. The predicted molar refractivity (Wildman–Crippen MR) is 90.6 cm³/mol. The summed E-state index contributed by atoms with van der Waals surface area (Å²) in [6.07, 6.45) is 6.28. The Hall–Kier alpha value is -2.37. The molecule has 1 aromatic carbocycles. The van der Waals surface area contributed by atoms with Crippen LogP contribution in [-0.4, -0.2) is 29.4 Å². The molecule has 1 saturated carbocycles. The summed E-state index contributed by atoms with van der Waals surface area (Å²) >= 11 is 0. The highest BCUT2D eigenvalue weighted by molar-refractivity contribution is 5.94. The number of benzene rings is 1. The molecule has 1 aliphatic carbocycles. The van der Waals surface area contributed by atoms with Gasteiger partial charge in [0.15, 0.2) is 0 Å². The number of hydrogen-bond donors (Lipinski definition) is 3. The Bertz CT molecular complexity index is 577. The molecule has 2 amide bonds. The van der Waals surface area contributed by atoms with E-state index in [-0.39, 0.29) is 24.8 Å². The zero-order valence-electron chi connectivity index (χ0n) is 13.7. The second kappa shape index (κ2) is 9.05. The van der Waals surface area contributed by atoms with E-state index in [9.17, 15) is 14.4 Å². The van der Waals surface area contributed by atoms with Gasteiger partial charge in [0.1, 0.15) is 0 Å². The summed E-state index contributed by atoms with van der Waals surface area (Å²) in [5.74, 6) is -0.620. The number of carboxylic acids is 1. The van der Waals surface area contributed by atoms with Gasteiger partial charge < -0.3 is 15.7 Å². The second-order valence-electron chi connectivity index (χ2n) is 6.28. The molecule has 0 spiro atoms. The molecule has 1 aliphatic rings. The first kappa shape index (κ1) is 18.0. The average Bonchev–Trinajstić information content (AvgIpc) is 3.06. The van der Waals surface area contributed by atoms with Crippen molar-refractivity contribution >= 4 is 23.5 Å². The van der Waals surface area contributed by atoms with Crippen LogP contribution in [-0.2, 0) is 20.8 Å². The van der Waals surface area contributed by atoms with E-state index >= 15 is 0 Å². The minimum Gasteiger partial charge on any atom is -0.481 e. The van der Waals surface area contributed by atoms with Crippen molar-refractivity contribution in [3.63, 3.8) is 0 Å². The van der Waals surface area contributed by atoms with Crippen LogP contribution in [0.5, 0.6) is 0 Å². The number of aliphatic carboxylic acids is 1. The van der Waals surface area contributed by atoms with Crippen LogP contribution in [0.25, 0.3) is 0 Å².